The number of aliphatic imine (C=N–C) groups is 2. The molecule has 0 bridgehead atoms. The first-order chi connectivity index (χ1) is 27.7. The minimum absolute atomic E-state index is 0.354. The van der Waals surface area contributed by atoms with Crippen molar-refractivity contribution < 1.29 is 8.83 Å². The van der Waals surface area contributed by atoms with Crippen LogP contribution in [0.25, 0.3) is 87.3 Å². The van der Waals surface area contributed by atoms with Crippen LogP contribution in [0.15, 0.2) is 195 Å². The topological polar surface area (TPSA) is 77.0 Å². The summed E-state index contributed by atoms with van der Waals surface area (Å²) in [6.45, 7) is 0.461. The Balaban J connectivity index is 1.09. The number of amidine groups is 2. The minimum atomic E-state index is 0.354. The summed E-state index contributed by atoms with van der Waals surface area (Å²) in [5.41, 5.74) is 15.0. The number of para-hydroxylation sites is 1. The molecule has 5 nitrogen and oxygen atoms in total. The molecule has 2 heterocycles. The van der Waals surface area contributed by atoms with Gasteiger partial charge in [-0.15, -0.1) is 0 Å². The summed E-state index contributed by atoms with van der Waals surface area (Å²) < 4.78 is 13.2. The Morgan fingerprint density at radius 2 is 1.14 bits per heavy atom. The SMILES string of the molecule is NC(=NC(=NCc1ccccc1)c1ccc2c(ccc3ccccc32)c1)c1cccc2oc3cccc(-c4cccc5c4oc4cc6ccccc6cc45)c3c12. The smallest absolute Gasteiger partial charge is 0.157 e. The Labute approximate surface area is 321 Å². The molecule has 264 valence electrons. The third kappa shape index (κ3) is 5.24. The molecule has 0 fully saturated rings. The maximum atomic E-state index is 7.09. The first kappa shape index (κ1) is 32.0. The number of hydrogen-bond donors (Lipinski definition) is 1. The first-order valence-corrected chi connectivity index (χ1v) is 18.8. The van der Waals surface area contributed by atoms with E-state index in [9.17, 15) is 0 Å². The second-order valence-electron chi connectivity index (χ2n) is 14.3. The van der Waals surface area contributed by atoms with Crippen LogP contribution in [0.4, 0.5) is 0 Å². The molecule has 0 saturated carbocycles. The van der Waals surface area contributed by atoms with E-state index >= 15 is 0 Å². The van der Waals surface area contributed by atoms with Crippen LogP contribution in [-0.2, 0) is 6.54 Å². The van der Waals surface area contributed by atoms with Gasteiger partial charge >= 0.3 is 0 Å². The number of benzene rings is 9. The average Bonchev–Trinajstić information content (AvgIpc) is 3.82. The van der Waals surface area contributed by atoms with Crippen molar-refractivity contribution in [2.24, 2.45) is 15.7 Å². The minimum Gasteiger partial charge on any atom is -0.456 e. The van der Waals surface area contributed by atoms with E-state index in [0.717, 1.165) is 82.5 Å². The van der Waals surface area contributed by atoms with Gasteiger partial charge in [0, 0.05) is 38.2 Å². The van der Waals surface area contributed by atoms with Crippen LogP contribution in [0.3, 0.4) is 0 Å². The fraction of sp³-hybridized carbons (Fsp3) is 0.0196. The van der Waals surface area contributed by atoms with Crippen molar-refractivity contribution in [3.05, 3.63) is 193 Å². The molecule has 0 saturated heterocycles. The molecular weight excluding hydrogens is 687 g/mol. The van der Waals surface area contributed by atoms with E-state index in [1.54, 1.807) is 0 Å². The van der Waals surface area contributed by atoms with Gasteiger partial charge in [0.15, 0.2) is 5.84 Å². The molecule has 5 heteroatoms. The van der Waals surface area contributed by atoms with Crippen molar-refractivity contribution in [2.45, 2.75) is 6.54 Å². The highest BCUT2D eigenvalue weighted by Gasteiger charge is 2.21. The third-order valence-corrected chi connectivity index (χ3v) is 10.9. The Morgan fingerprint density at radius 3 is 2.02 bits per heavy atom. The normalized spacial score (nSPS) is 12.6. The number of hydrogen-bond acceptors (Lipinski definition) is 3. The molecule has 11 rings (SSSR count). The lowest BCUT2D eigenvalue weighted by Crippen LogP contribution is -2.17. The van der Waals surface area contributed by atoms with Crippen molar-refractivity contribution >= 4 is 87.9 Å². The van der Waals surface area contributed by atoms with Gasteiger partial charge in [0.1, 0.15) is 28.2 Å². The van der Waals surface area contributed by atoms with Crippen LogP contribution in [0.5, 0.6) is 0 Å². The van der Waals surface area contributed by atoms with Crippen molar-refractivity contribution in [3.63, 3.8) is 0 Å². The molecule has 9 aromatic carbocycles. The molecule has 0 radical (unpaired) electrons. The van der Waals surface area contributed by atoms with Crippen molar-refractivity contribution in [1.29, 1.82) is 0 Å². The monoisotopic (exact) mass is 719 g/mol. The summed E-state index contributed by atoms with van der Waals surface area (Å²) in [4.78, 5) is 10.2. The molecule has 2 aromatic heterocycles. The summed E-state index contributed by atoms with van der Waals surface area (Å²) in [6.07, 6.45) is 0. The summed E-state index contributed by atoms with van der Waals surface area (Å²) in [5, 5.41) is 11.0. The van der Waals surface area contributed by atoms with Gasteiger partial charge in [-0.3, -0.25) is 4.99 Å². The zero-order chi connectivity index (χ0) is 37.2. The van der Waals surface area contributed by atoms with Crippen LogP contribution in [0.2, 0.25) is 0 Å². The standard InChI is InChI=1S/C51H33N3O2/c52-50(54-51(53-30-31-11-2-1-3-12-31)36-25-26-38-35(27-36)24-23-32-13-6-7-16-37(32)38)42-20-10-22-45-48(42)47-39(17-9-21-44(47)55-45)40-18-8-19-41-43-28-33-14-4-5-15-34(33)29-46(43)56-49(40)41/h1-29H,30H2,(H2,52,53,54). The highest BCUT2D eigenvalue weighted by molar-refractivity contribution is 6.25. The zero-order valence-corrected chi connectivity index (χ0v) is 30.2. The Morgan fingerprint density at radius 1 is 0.464 bits per heavy atom. The van der Waals surface area contributed by atoms with Gasteiger partial charge in [-0.25, -0.2) is 4.99 Å². The van der Waals surface area contributed by atoms with Crippen LogP contribution >= 0.6 is 0 Å². The summed E-state index contributed by atoms with van der Waals surface area (Å²) >= 11 is 0. The van der Waals surface area contributed by atoms with Gasteiger partial charge in [0.2, 0.25) is 0 Å². The average molecular weight is 720 g/mol. The maximum Gasteiger partial charge on any atom is 0.157 e. The number of nitrogens with zero attached hydrogens (tertiary/aromatic N) is 2. The maximum absolute atomic E-state index is 7.09. The first-order valence-electron chi connectivity index (χ1n) is 18.8. The van der Waals surface area contributed by atoms with E-state index in [1.165, 1.54) is 21.5 Å². The van der Waals surface area contributed by atoms with Crippen molar-refractivity contribution in [1.82, 2.24) is 0 Å². The molecule has 0 aliphatic carbocycles. The molecule has 0 aliphatic rings. The molecule has 11 aromatic rings. The predicted octanol–water partition coefficient (Wildman–Crippen LogP) is 13.0. The summed E-state index contributed by atoms with van der Waals surface area (Å²) in [7, 11) is 0. The second kappa shape index (κ2) is 12.8. The Hall–Kier alpha value is -7.50. The van der Waals surface area contributed by atoms with Crippen LogP contribution in [0, 0.1) is 0 Å². The predicted molar refractivity (Wildman–Crippen MR) is 233 cm³/mol. The number of furan rings is 2. The zero-order valence-electron chi connectivity index (χ0n) is 30.2. The van der Waals surface area contributed by atoms with E-state index in [-0.39, 0.29) is 0 Å². The van der Waals surface area contributed by atoms with E-state index in [2.05, 4.69) is 127 Å². The molecule has 0 aliphatic heterocycles. The van der Waals surface area contributed by atoms with Gasteiger partial charge < -0.3 is 14.6 Å². The molecule has 0 atom stereocenters. The van der Waals surface area contributed by atoms with E-state index < -0.39 is 0 Å². The fourth-order valence-corrected chi connectivity index (χ4v) is 8.27. The lowest BCUT2D eigenvalue weighted by molar-refractivity contribution is 0.669. The number of nitrogens with two attached hydrogens (primary N) is 1. The lowest BCUT2D eigenvalue weighted by Gasteiger charge is -2.10. The van der Waals surface area contributed by atoms with Gasteiger partial charge in [-0.2, -0.15) is 0 Å². The fourth-order valence-electron chi connectivity index (χ4n) is 8.27. The molecule has 0 amide bonds. The number of fused-ring (bicyclic) bond motifs is 10. The van der Waals surface area contributed by atoms with Gasteiger partial charge in [-0.05, 0) is 73.8 Å². The van der Waals surface area contributed by atoms with Crippen molar-refractivity contribution in [2.75, 3.05) is 0 Å². The highest BCUT2D eigenvalue weighted by Crippen LogP contribution is 2.43. The van der Waals surface area contributed by atoms with Gasteiger partial charge in [0.25, 0.3) is 0 Å². The van der Waals surface area contributed by atoms with E-state index in [0.29, 0.717) is 18.2 Å². The Kier molecular flexibility index (Phi) is 7.32. The van der Waals surface area contributed by atoms with Crippen molar-refractivity contribution in [3.8, 4) is 11.1 Å². The molecule has 56 heavy (non-hydrogen) atoms. The molecule has 0 unspecified atom stereocenters. The van der Waals surface area contributed by atoms with E-state index in [1.807, 2.05) is 48.5 Å². The third-order valence-electron chi connectivity index (χ3n) is 10.9. The van der Waals surface area contributed by atoms with Gasteiger partial charge in [0.05, 0.1) is 6.54 Å². The number of rotatable bonds is 5. The molecular formula is C51H33N3O2. The van der Waals surface area contributed by atoms with Gasteiger partial charge in [-0.1, -0.05) is 146 Å². The lowest BCUT2D eigenvalue weighted by atomic mass is 9.95. The summed E-state index contributed by atoms with van der Waals surface area (Å²) in [6, 6.07) is 60.6. The van der Waals surface area contributed by atoms with Crippen LogP contribution < -0.4 is 5.73 Å². The molecule has 0 spiro atoms. The summed E-state index contributed by atoms with van der Waals surface area (Å²) in [5.74, 6) is 0.915. The van der Waals surface area contributed by atoms with E-state index in [4.69, 9.17) is 24.6 Å². The second-order valence-corrected chi connectivity index (χ2v) is 14.3. The van der Waals surface area contributed by atoms with Crippen LogP contribution in [0.1, 0.15) is 16.7 Å². The molecule has 2 N–H and O–H groups in total. The van der Waals surface area contributed by atoms with Crippen LogP contribution in [-0.4, -0.2) is 11.7 Å². The Bertz CT molecular complexity index is 3410. The largest absolute Gasteiger partial charge is 0.456 e. The quantitative estimate of drug-likeness (QED) is 0.109. The highest BCUT2D eigenvalue weighted by atomic mass is 16.3.